The number of aliphatic hydroxyl groups excluding tert-OH is 3. The molecule has 0 bridgehead atoms. The van der Waals surface area contributed by atoms with Crippen LogP contribution in [0.4, 0.5) is 0 Å². The number of hydrogen-bond donors (Lipinski definition) is 6. The number of rotatable bonds is 33. The van der Waals surface area contributed by atoms with Crippen LogP contribution < -0.4 is 5.73 Å². The SMILES string of the molecule is CCCCC/C=C\C/C=C\C/C=C\CCCCC(=O)O[C@H](COC(=O)C/C=C\C[C@H]1[C@@H](/C=C/[C@H](O)CCCCC)[C@H](O)C[C@@H]1O)COP(=O)(O)OC[C@H](N)C(=O)O. The first-order chi connectivity index (χ1) is 27.3. The summed E-state index contributed by atoms with van der Waals surface area (Å²) < 4.78 is 32.5. The summed E-state index contributed by atoms with van der Waals surface area (Å²) in [6, 6.07) is -1.58. The average Bonchev–Trinajstić information content (AvgIpc) is 3.44. The van der Waals surface area contributed by atoms with Crippen molar-refractivity contribution in [1.82, 2.24) is 0 Å². The Balaban J connectivity index is 2.62. The minimum atomic E-state index is -4.81. The molecule has 1 aliphatic rings. The van der Waals surface area contributed by atoms with Crippen LogP contribution in [0.3, 0.4) is 0 Å². The van der Waals surface area contributed by atoms with Crippen molar-refractivity contribution in [3.05, 3.63) is 60.8 Å². The Morgan fingerprint density at radius 3 is 2.05 bits per heavy atom. The van der Waals surface area contributed by atoms with E-state index in [-0.39, 0.29) is 31.1 Å². The van der Waals surface area contributed by atoms with E-state index in [1.807, 2.05) is 6.08 Å². The number of carbonyl (C=O) groups excluding carboxylic acids is 2. The molecular formula is C42H70NO13P. The molecule has 0 amide bonds. The molecule has 1 saturated carbocycles. The minimum absolute atomic E-state index is 0.0436. The summed E-state index contributed by atoms with van der Waals surface area (Å²) in [5.41, 5.74) is 5.31. The molecular weight excluding hydrogens is 757 g/mol. The second-order valence-electron chi connectivity index (χ2n) is 14.4. The quantitative estimate of drug-likeness (QED) is 0.0174. The van der Waals surface area contributed by atoms with Crippen molar-refractivity contribution < 1.29 is 62.8 Å². The number of phosphoric acid groups is 1. The van der Waals surface area contributed by atoms with E-state index in [1.165, 1.54) is 19.3 Å². The number of carboxylic acids is 1. The van der Waals surface area contributed by atoms with Crippen LogP contribution in [0, 0.1) is 11.8 Å². The molecule has 8 atom stereocenters. The zero-order valence-electron chi connectivity index (χ0n) is 34.0. The third kappa shape index (κ3) is 26.6. The van der Waals surface area contributed by atoms with Crippen molar-refractivity contribution >= 4 is 25.7 Å². The van der Waals surface area contributed by atoms with Gasteiger partial charge in [0.15, 0.2) is 6.10 Å². The van der Waals surface area contributed by atoms with Crippen molar-refractivity contribution in [3.8, 4) is 0 Å². The molecule has 15 heteroatoms. The monoisotopic (exact) mass is 827 g/mol. The van der Waals surface area contributed by atoms with Gasteiger partial charge < -0.3 is 40.5 Å². The summed E-state index contributed by atoms with van der Waals surface area (Å²) >= 11 is 0. The second-order valence-corrected chi connectivity index (χ2v) is 15.9. The van der Waals surface area contributed by atoms with Crippen molar-refractivity contribution in [2.45, 2.75) is 153 Å². The Bertz CT molecular complexity index is 1320. The van der Waals surface area contributed by atoms with E-state index in [0.717, 1.165) is 51.4 Å². The number of carbonyl (C=O) groups is 3. The Hall–Kier alpha value is -2.94. The lowest BCUT2D eigenvalue weighted by Crippen LogP contribution is -2.34. The fourth-order valence-electron chi connectivity index (χ4n) is 5.98. The molecule has 0 aromatic rings. The van der Waals surface area contributed by atoms with Crippen LogP contribution in [0.15, 0.2) is 60.8 Å². The van der Waals surface area contributed by atoms with E-state index in [9.17, 15) is 39.2 Å². The first kappa shape index (κ1) is 52.1. The topological polar surface area (TPSA) is 232 Å². The minimum Gasteiger partial charge on any atom is -0.480 e. The number of esters is 2. The first-order valence-corrected chi connectivity index (χ1v) is 22.1. The molecule has 57 heavy (non-hydrogen) atoms. The molecule has 1 rings (SSSR count). The van der Waals surface area contributed by atoms with Gasteiger partial charge in [0.05, 0.1) is 37.9 Å². The number of unbranched alkanes of at least 4 members (excludes halogenated alkanes) is 7. The van der Waals surface area contributed by atoms with Crippen LogP contribution in [0.1, 0.15) is 123 Å². The summed E-state index contributed by atoms with van der Waals surface area (Å²) in [6.45, 7) is 2.26. The van der Waals surface area contributed by atoms with Crippen LogP contribution in [0.25, 0.3) is 0 Å². The molecule has 0 aliphatic heterocycles. The smallest absolute Gasteiger partial charge is 0.472 e. The molecule has 1 aliphatic carbocycles. The Labute approximate surface area is 339 Å². The zero-order chi connectivity index (χ0) is 42.3. The molecule has 14 nitrogen and oxygen atoms in total. The predicted molar refractivity (Wildman–Crippen MR) is 219 cm³/mol. The molecule has 0 saturated heterocycles. The fraction of sp³-hybridized carbons (Fsp3) is 0.690. The van der Waals surface area contributed by atoms with Crippen LogP contribution in [0.5, 0.6) is 0 Å². The van der Waals surface area contributed by atoms with Crippen molar-refractivity contribution in [2.24, 2.45) is 17.6 Å². The van der Waals surface area contributed by atoms with Gasteiger partial charge >= 0.3 is 25.7 Å². The molecule has 1 unspecified atom stereocenters. The fourth-order valence-corrected chi connectivity index (χ4v) is 6.76. The molecule has 0 aromatic heterocycles. The highest BCUT2D eigenvalue weighted by Gasteiger charge is 2.39. The Morgan fingerprint density at radius 2 is 1.40 bits per heavy atom. The van der Waals surface area contributed by atoms with Gasteiger partial charge in [-0.1, -0.05) is 107 Å². The van der Waals surface area contributed by atoms with E-state index in [0.29, 0.717) is 19.3 Å². The van der Waals surface area contributed by atoms with Gasteiger partial charge in [-0.15, -0.1) is 0 Å². The average molecular weight is 828 g/mol. The first-order valence-electron chi connectivity index (χ1n) is 20.6. The van der Waals surface area contributed by atoms with E-state index < -0.39 is 76.0 Å². The van der Waals surface area contributed by atoms with Gasteiger partial charge in [0.25, 0.3) is 0 Å². The molecule has 0 heterocycles. The zero-order valence-corrected chi connectivity index (χ0v) is 34.9. The third-order valence-corrected chi connectivity index (χ3v) is 10.3. The number of nitrogens with two attached hydrogens (primary N) is 1. The van der Waals surface area contributed by atoms with E-state index in [4.69, 9.17) is 24.8 Å². The maximum absolute atomic E-state index is 12.6. The van der Waals surface area contributed by atoms with E-state index in [1.54, 1.807) is 24.3 Å². The normalized spacial score (nSPS) is 21.5. The largest absolute Gasteiger partial charge is 0.480 e. The van der Waals surface area contributed by atoms with E-state index >= 15 is 0 Å². The maximum Gasteiger partial charge on any atom is 0.472 e. The van der Waals surface area contributed by atoms with E-state index in [2.05, 4.69) is 48.8 Å². The lowest BCUT2D eigenvalue weighted by molar-refractivity contribution is -0.160. The van der Waals surface area contributed by atoms with Crippen LogP contribution in [-0.4, -0.2) is 93.5 Å². The summed E-state index contributed by atoms with van der Waals surface area (Å²) in [5, 5.41) is 40.2. The number of aliphatic carboxylic acids is 1. The third-order valence-electron chi connectivity index (χ3n) is 9.34. The summed E-state index contributed by atoms with van der Waals surface area (Å²) in [4.78, 5) is 46.1. The van der Waals surface area contributed by atoms with Crippen LogP contribution >= 0.6 is 7.82 Å². The predicted octanol–water partition coefficient (Wildman–Crippen LogP) is 6.77. The molecule has 1 fully saturated rings. The van der Waals surface area contributed by atoms with Crippen LogP contribution in [-0.2, 0) is 37.5 Å². The summed E-state index contributed by atoms with van der Waals surface area (Å²) in [7, 11) is -4.81. The number of aliphatic hydroxyl groups is 3. The molecule has 0 aromatic carbocycles. The molecule has 0 spiro atoms. The Morgan fingerprint density at radius 1 is 0.789 bits per heavy atom. The number of allylic oxidation sites excluding steroid dienone is 7. The number of hydrogen-bond acceptors (Lipinski definition) is 12. The van der Waals surface area contributed by atoms with Crippen molar-refractivity contribution in [3.63, 3.8) is 0 Å². The number of ether oxygens (including phenoxy) is 2. The Kier molecular flexibility index (Phi) is 29.2. The second kappa shape index (κ2) is 32.0. The van der Waals surface area contributed by atoms with Gasteiger partial charge in [-0.25, -0.2) is 4.57 Å². The van der Waals surface area contributed by atoms with Gasteiger partial charge in [0, 0.05) is 18.8 Å². The summed E-state index contributed by atoms with van der Waals surface area (Å²) in [6.07, 6.45) is 28.6. The lowest BCUT2D eigenvalue weighted by Gasteiger charge is -2.20. The number of carboxylic acid groups (broad SMARTS) is 1. The van der Waals surface area contributed by atoms with Crippen LogP contribution in [0.2, 0.25) is 0 Å². The van der Waals surface area contributed by atoms with Crippen molar-refractivity contribution in [1.29, 1.82) is 0 Å². The standard InChI is InChI=1S/C42H70NO13P/c1-3-5-7-8-9-10-11-12-13-14-15-16-17-18-20-26-41(48)56-34(31-54-57(51,52)55-32-37(43)42(49)50)30-53-40(47)25-22-21-24-35-36(39(46)29-38(35)45)28-27-33(44)23-19-6-4-2/h9-10,12-13,15-16,21-22,27-28,33-39,44-46H,3-8,11,14,17-20,23-26,29-32,43H2,1-2H3,(H,49,50)(H,51,52)/b10-9-,13-12-,16-15-,22-21-,28-27+/t33-,34-,35+,36-,37+,38+,39-/m1/s1. The maximum atomic E-state index is 12.6. The molecule has 0 radical (unpaired) electrons. The number of phosphoric ester groups is 1. The highest BCUT2D eigenvalue weighted by atomic mass is 31.2. The highest BCUT2D eigenvalue weighted by Crippen LogP contribution is 2.43. The van der Waals surface area contributed by atoms with Crippen molar-refractivity contribution in [2.75, 3.05) is 19.8 Å². The molecule has 326 valence electrons. The van der Waals surface area contributed by atoms with Gasteiger partial charge in [-0.05, 0) is 63.7 Å². The lowest BCUT2D eigenvalue weighted by atomic mass is 9.89. The van der Waals surface area contributed by atoms with Gasteiger partial charge in [-0.3, -0.25) is 23.4 Å². The summed E-state index contributed by atoms with van der Waals surface area (Å²) in [5.74, 6) is -3.45. The van der Waals surface area contributed by atoms with Gasteiger partial charge in [0.1, 0.15) is 12.6 Å². The van der Waals surface area contributed by atoms with Gasteiger partial charge in [0.2, 0.25) is 0 Å². The molecule has 7 N–H and O–H groups in total. The highest BCUT2D eigenvalue weighted by molar-refractivity contribution is 7.47. The van der Waals surface area contributed by atoms with Gasteiger partial charge in [-0.2, -0.15) is 0 Å².